The molecule has 3 heteroatoms. The SMILES string of the molecule is CCOc1cc(N)cc(Sc2ccc(C(C)C)cc2)c1. The normalized spacial score (nSPS) is 10.8. The van der Waals surface area contributed by atoms with E-state index in [0.29, 0.717) is 12.5 Å². The van der Waals surface area contributed by atoms with Gasteiger partial charge in [-0.25, -0.2) is 0 Å². The van der Waals surface area contributed by atoms with Crippen LogP contribution in [-0.2, 0) is 0 Å². The van der Waals surface area contributed by atoms with Crippen LogP contribution in [0.3, 0.4) is 0 Å². The Labute approximate surface area is 125 Å². The third kappa shape index (κ3) is 3.94. The molecule has 20 heavy (non-hydrogen) atoms. The van der Waals surface area contributed by atoms with Crippen LogP contribution in [0.25, 0.3) is 0 Å². The molecule has 0 bridgehead atoms. The second-order valence-electron chi connectivity index (χ2n) is 5.00. The Morgan fingerprint density at radius 1 is 1.05 bits per heavy atom. The molecule has 0 unspecified atom stereocenters. The zero-order valence-corrected chi connectivity index (χ0v) is 13.0. The van der Waals surface area contributed by atoms with Crippen molar-refractivity contribution in [2.45, 2.75) is 36.5 Å². The van der Waals surface area contributed by atoms with Gasteiger partial charge in [0.25, 0.3) is 0 Å². The van der Waals surface area contributed by atoms with Crippen LogP contribution >= 0.6 is 11.8 Å². The van der Waals surface area contributed by atoms with E-state index >= 15 is 0 Å². The van der Waals surface area contributed by atoms with Gasteiger partial charge in [-0.1, -0.05) is 37.7 Å². The summed E-state index contributed by atoms with van der Waals surface area (Å²) in [7, 11) is 0. The molecule has 0 atom stereocenters. The summed E-state index contributed by atoms with van der Waals surface area (Å²) in [5.74, 6) is 1.39. The lowest BCUT2D eigenvalue weighted by atomic mass is 10.0. The van der Waals surface area contributed by atoms with Crippen LogP contribution in [-0.4, -0.2) is 6.61 Å². The van der Waals surface area contributed by atoms with Gasteiger partial charge in [-0.05, 0) is 42.7 Å². The Morgan fingerprint density at radius 3 is 2.35 bits per heavy atom. The Kier molecular flexibility index (Phi) is 4.96. The molecule has 2 aromatic carbocycles. The highest BCUT2D eigenvalue weighted by Gasteiger charge is 2.04. The van der Waals surface area contributed by atoms with E-state index in [1.54, 1.807) is 11.8 Å². The largest absolute Gasteiger partial charge is 0.494 e. The van der Waals surface area contributed by atoms with Gasteiger partial charge in [-0.2, -0.15) is 0 Å². The lowest BCUT2D eigenvalue weighted by Crippen LogP contribution is -1.93. The molecule has 0 radical (unpaired) electrons. The van der Waals surface area contributed by atoms with Crippen molar-refractivity contribution in [3.05, 3.63) is 48.0 Å². The molecule has 106 valence electrons. The fourth-order valence-corrected chi connectivity index (χ4v) is 2.87. The number of rotatable bonds is 5. The average molecular weight is 287 g/mol. The molecule has 0 aromatic heterocycles. The molecular weight excluding hydrogens is 266 g/mol. The van der Waals surface area contributed by atoms with Crippen molar-refractivity contribution in [3.63, 3.8) is 0 Å². The summed E-state index contributed by atoms with van der Waals surface area (Å²) in [5.41, 5.74) is 8.01. The average Bonchev–Trinajstić information content (AvgIpc) is 2.39. The third-order valence-corrected chi connectivity index (χ3v) is 3.98. The minimum atomic E-state index is 0.561. The first-order chi connectivity index (χ1) is 9.58. The number of hydrogen-bond donors (Lipinski definition) is 1. The molecule has 0 aliphatic heterocycles. The van der Waals surface area contributed by atoms with E-state index in [1.165, 1.54) is 10.5 Å². The molecule has 0 aliphatic carbocycles. The highest BCUT2D eigenvalue weighted by molar-refractivity contribution is 7.99. The van der Waals surface area contributed by atoms with Gasteiger partial charge in [0, 0.05) is 21.5 Å². The second kappa shape index (κ2) is 6.71. The predicted octanol–water partition coefficient (Wildman–Crippen LogP) is 4.94. The summed E-state index contributed by atoms with van der Waals surface area (Å²) in [6, 6.07) is 14.5. The van der Waals surface area contributed by atoms with E-state index in [0.717, 1.165) is 16.3 Å². The zero-order valence-electron chi connectivity index (χ0n) is 12.2. The van der Waals surface area contributed by atoms with Crippen molar-refractivity contribution in [1.29, 1.82) is 0 Å². The maximum atomic E-state index is 5.91. The standard InChI is InChI=1S/C17H21NOS/c1-4-19-15-9-14(18)10-17(11-15)20-16-7-5-13(6-8-16)12(2)3/h5-12H,4,18H2,1-3H3. The molecule has 0 amide bonds. The molecule has 2 nitrogen and oxygen atoms in total. The zero-order chi connectivity index (χ0) is 14.5. The number of hydrogen-bond acceptors (Lipinski definition) is 3. The van der Waals surface area contributed by atoms with Crippen molar-refractivity contribution in [3.8, 4) is 5.75 Å². The molecule has 2 aromatic rings. The van der Waals surface area contributed by atoms with Crippen LogP contribution in [0, 0.1) is 0 Å². The Morgan fingerprint density at radius 2 is 1.75 bits per heavy atom. The monoisotopic (exact) mass is 287 g/mol. The van der Waals surface area contributed by atoms with Gasteiger partial charge in [0.2, 0.25) is 0 Å². The summed E-state index contributed by atoms with van der Waals surface area (Å²) < 4.78 is 5.52. The van der Waals surface area contributed by atoms with Crippen molar-refractivity contribution in [1.82, 2.24) is 0 Å². The van der Waals surface area contributed by atoms with Gasteiger partial charge in [0.05, 0.1) is 6.61 Å². The van der Waals surface area contributed by atoms with Gasteiger partial charge in [0.1, 0.15) is 5.75 Å². The minimum Gasteiger partial charge on any atom is -0.494 e. The van der Waals surface area contributed by atoms with Gasteiger partial charge < -0.3 is 10.5 Å². The first-order valence-electron chi connectivity index (χ1n) is 6.89. The fourth-order valence-electron chi connectivity index (χ4n) is 1.96. The quantitative estimate of drug-likeness (QED) is 0.791. The second-order valence-corrected chi connectivity index (χ2v) is 6.14. The van der Waals surface area contributed by atoms with Crippen LogP contribution in [0.15, 0.2) is 52.3 Å². The molecule has 0 fully saturated rings. The molecule has 2 rings (SSSR count). The summed E-state index contributed by atoms with van der Waals surface area (Å²) >= 11 is 1.70. The lowest BCUT2D eigenvalue weighted by Gasteiger charge is -2.09. The number of anilines is 1. The van der Waals surface area contributed by atoms with Crippen molar-refractivity contribution < 1.29 is 4.74 Å². The first kappa shape index (κ1) is 14.8. The maximum absolute atomic E-state index is 5.91. The summed E-state index contributed by atoms with van der Waals surface area (Å²) in [4.78, 5) is 2.31. The van der Waals surface area contributed by atoms with Crippen LogP contribution in [0.4, 0.5) is 5.69 Å². The fraction of sp³-hybridized carbons (Fsp3) is 0.294. The van der Waals surface area contributed by atoms with E-state index in [4.69, 9.17) is 10.5 Å². The molecule has 0 aliphatic rings. The summed E-state index contributed by atoms with van der Waals surface area (Å²) in [6.07, 6.45) is 0. The topological polar surface area (TPSA) is 35.2 Å². The Bertz CT molecular complexity index is 564. The summed E-state index contributed by atoms with van der Waals surface area (Å²) in [5, 5.41) is 0. The molecule has 0 spiro atoms. The smallest absolute Gasteiger partial charge is 0.122 e. The van der Waals surface area contributed by atoms with Crippen molar-refractivity contribution in [2.75, 3.05) is 12.3 Å². The highest BCUT2D eigenvalue weighted by Crippen LogP contribution is 2.32. The van der Waals surface area contributed by atoms with Crippen molar-refractivity contribution in [2.24, 2.45) is 0 Å². The van der Waals surface area contributed by atoms with Crippen LogP contribution in [0.2, 0.25) is 0 Å². The van der Waals surface area contributed by atoms with Gasteiger partial charge in [-0.3, -0.25) is 0 Å². The maximum Gasteiger partial charge on any atom is 0.122 e. The van der Waals surface area contributed by atoms with E-state index in [-0.39, 0.29) is 0 Å². The van der Waals surface area contributed by atoms with Crippen LogP contribution in [0.5, 0.6) is 5.75 Å². The number of benzene rings is 2. The van der Waals surface area contributed by atoms with Crippen LogP contribution < -0.4 is 10.5 Å². The van der Waals surface area contributed by atoms with Gasteiger partial charge in [-0.15, -0.1) is 0 Å². The first-order valence-corrected chi connectivity index (χ1v) is 7.71. The number of ether oxygens (including phenoxy) is 1. The highest BCUT2D eigenvalue weighted by atomic mass is 32.2. The molecule has 0 heterocycles. The van der Waals surface area contributed by atoms with Gasteiger partial charge >= 0.3 is 0 Å². The minimum absolute atomic E-state index is 0.561. The molecule has 2 N–H and O–H groups in total. The number of nitrogens with two attached hydrogens (primary N) is 1. The predicted molar refractivity (Wildman–Crippen MR) is 86.7 cm³/mol. The van der Waals surface area contributed by atoms with E-state index in [9.17, 15) is 0 Å². The van der Waals surface area contributed by atoms with Gasteiger partial charge in [0.15, 0.2) is 0 Å². The molecule has 0 saturated heterocycles. The van der Waals surface area contributed by atoms with Crippen LogP contribution in [0.1, 0.15) is 32.3 Å². The number of nitrogen functional groups attached to an aromatic ring is 1. The van der Waals surface area contributed by atoms with E-state index < -0.39 is 0 Å². The Hall–Kier alpha value is -1.61. The van der Waals surface area contributed by atoms with E-state index in [1.807, 2.05) is 25.1 Å². The van der Waals surface area contributed by atoms with Crippen molar-refractivity contribution >= 4 is 17.4 Å². The Balaban J connectivity index is 2.16. The molecule has 0 saturated carbocycles. The lowest BCUT2D eigenvalue weighted by molar-refractivity contribution is 0.339. The van der Waals surface area contributed by atoms with E-state index in [2.05, 4.69) is 38.1 Å². The summed E-state index contributed by atoms with van der Waals surface area (Å²) in [6.45, 7) is 7.03. The molecular formula is C17H21NOS. The third-order valence-electron chi connectivity index (χ3n) is 3.00.